The number of aliphatic carboxylic acids is 1. The number of halogens is 1. The lowest BCUT2D eigenvalue weighted by molar-refractivity contribution is -0.154. The van der Waals surface area contributed by atoms with Gasteiger partial charge in [-0.3, -0.25) is 14.7 Å². The zero-order chi connectivity index (χ0) is 24.1. The second kappa shape index (κ2) is 10.6. The molecule has 6 heteroatoms. The van der Waals surface area contributed by atoms with Crippen LogP contribution in [0.4, 0.5) is 0 Å². The largest absolute Gasteiger partial charge is 0.497 e. The Hall–Kier alpha value is -2.89. The van der Waals surface area contributed by atoms with Crippen LogP contribution in [0.15, 0.2) is 60.8 Å². The van der Waals surface area contributed by atoms with Crippen molar-refractivity contribution in [2.24, 2.45) is 5.41 Å². The molecule has 0 bridgehead atoms. The van der Waals surface area contributed by atoms with E-state index in [2.05, 4.69) is 34.2 Å². The van der Waals surface area contributed by atoms with Gasteiger partial charge in [0.1, 0.15) is 5.75 Å². The molecule has 2 aromatic carbocycles. The average Bonchev–Trinajstić information content (AvgIpc) is 2.86. The number of methoxy groups -OCH3 is 1. The van der Waals surface area contributed by atoms with Gasteiger partial charge in [-0.1, -0.05) is 61.0 Å². The van der Waals surface area contributed by atoms with Crippen molar-refractivity contribution in [3.8, 4) is 5.75 Å². The van der Waals surface area contributed by atoms with Crippen LogP contribution in [0.1, 0.15) is 43.2 Å². The first-order valence-electron chi connectivity index (χ1n) is 11.8. The summed E-state index contributed by atoms with van der Waals surface area (Å²) in [6.07, 6.45) is 7.74. The van der Waals surface area contributed by atoms with E-state index in [-0.39, 0.29) is 5.92 Å². The van der Waals surface area contributed by atoms with Gasteiger partial charge in [-0.25, -0.2) is 0 Å². The number of fused-ring (bicyclic) bond motifs is 1. The quantitative estimate of drug-likeness (QED) is 0.413. The number of piperidine rings is 1. The topological polar surface area (TPSA) is 62.7 Å². The van der Waals surface area contributed by atoms with E-state index >= 15 is 0 Å². The molecule has 1 unspecified atom stereocenters. The number of benzene rings is 2. The van der Waals surface area contributed by atoms with Gasteiger partial charge in [0.25, 0.3) is 0 Å². The number of hydrogen-bond acceptors (Lipinski definition) is 4. The summed E-state index contributed by atoms with van der Waals surface area (Å²) in [5.74, 6) is -0.267. The second-order valence-corrected chi connectivity index (χ2v) is 9.35. The maximum Gasteiger partial charge on any atom is 0.310 e. The molecular formula is C28H31ClN2O3. The normalized spacial score (nSPS) is 17.1. The molecule has 1 fully saturated rings. The van der Waals surface area contributed by atoms with Gasteiger partial charge in [0.2, 0.25) is 0 Å². The maximum absolute atomic E-state index is 12.8. The Bertz CT molecular complexity index is 1170. The van der Waals surface area contributed by atoms with Gasteiger partial charge >= 0.3 is 5.97 Å². The fraction of sp³-hybridized carbons (Fsp3) is 0.357. The minimum absolute atomic E-state index is 0.225. The van der Waals surface area contributed by atoms with Crippen LogP contribution in [0.5, 0.6) is 5.75 Å². The highest BCUT2D eigenvalue weighted by Gasteiger charge is 2.48. The lowest BCUT2D eigenvalue weighted by Crippen LogP contribution is -2.47. The molecule has 5 nitrogen and oxygen atoms in total. The smallest absolute Gasteiger partial charge is 0.310 e. The standard InChI is InChI=1S/C28H31ClN2O3/c1-3-23(26-22-18-21(34-2)11-12-25(22)30-19-24(26)29)28(27(32)33)13-16-31(17-14-28)15-7-10-20-8-5-4-6-9-20/h4-12,18-19,23H,3,13-17H2,1-2H3,(H,32,33)/b10-7+. The van der Waals surface area contributed by atoms with Crippen molar-refractivity contribution in [2.45, 2.75) is 32.1 Å². The zero-order valence-electron chi connectivity index (χ0n) is 19.7. The molecule has 1 aliphatic rings. The first-order valence-corrected chi connectivity index (χ1v) is 12.2. The Labute approximate surface area is 206 Å². The third-order valence-electron chi connectivity index (χ3n) is 7.14. The highest BCUT2D eigenvalue weighted by Crippen LogP contribution is 2.50. The fourth-order valence-electron chi connectivity index (χ4n) is 5.27. The maximum atomic E-state index is 12.8. The molecule has 178 valence electrons. The number of rotatable bonds is 8. The van der Waals surface area contributed by atoms with Crippen molar-refractivity contribution in [2.75, 3.05) is 26.7 Å². The summed E-state index contributed by atoms with van der Waals surface area (Å²) < 4.78 is 5.43. The zero-order valence-corrected chi connectivity index (χ0v) is 20.5. The molecule has 1 N–H and O–H groups in total. The number of likely N-dealkylation sites (tertiary alicyclic amines) is 1. The number of carboxylic acid groups (broad SMARTS) is 1. The SMILES string of the molecule is CCC(c1c(Cl)cnc2ccc(OC)cc12)C1(C(=O)O)CCN(C/C=C/c2ccccc2)CC1. The molecular weight excluding hydrogens is 448 g/mol. The minimum Gasteiger partial charge on any atom is -0.497 e. The van der Waals surface area contributed by atoms with Crippen molar-refractivity contribution in [3.05, 3.63) is 77.0 Å². The minimum atomic E-state index is -0.880. The summed E-state index contributed by atoms with van der Waals surface area (Å²) in [6, 6.07) is 15.9. The summed E-state index contributed by atoms with van der Waals surface area (Å²) in [7, 11) is 1.62. The van der Waals surface area contributed by atoms with E-state index in [4.69, 9.17) is 16.3 Å². The van der Waals surface area contributed by atoms with E-state index in [9.17, 15) is 9.90 Å². The third-order valence-corrected chi connectivity index (χ3v) is 7.44. The van der Waals surface area contributed by atoms with Crippen molar-refractivity contribution in [1.29, 1.82) is 0 Å². The number of aromatic nitrogens is 1. The Morgan fingerprint density at radius 3 is 2.62 bits per heavy atom. The molecule has 0 spiro atoms. The van der Waals surface area contributed by atoms with Crippen LogP contribution in [0.25, 0.3) is 17.0 Å². The number of carboxylic acids is 1. The molecule has 4 rings (SSSR count). The summed E-state index contributed by atoms with van der Waals surface area (Å²) in [5.41, 5.74) is 1.95. The Kier molecular flexibility index (Phi) is 7.54. The van der Waals surface area contributed by atoms with Crippen molar-refractivity contribution in [1.82, 2.24) is 9.88 Å². The van der Waals surface area contributed by atoms with E-state index in [0.717, 1.165) is 36.1 Å². The summed E-state index contributed by atoms with van der Waals surface area (Å²) in [4.78, 5) is 19.6. The second-order valence-electron chi connectivity index (χ2n) is 8.94. The van der Waals surface area contributed by atoms with Crippen LogP contribution in [-0.2, 0) is 4.79 Å². The molecule has 2 heterocycles. The lowest BCUT2D eigenvalue weighted by atomic mass is 9.64. The number of hydrogen-bond donors (Lipinski definition) is 1. The summed E-state index contributed by atoms with van der Waals surface area (Å²) in [6.45, 7) is 4.31. The molecule has 3 aromatic rings. The number of nitrogens with zero attached hydrogens (tertiary/aromatic N) is 2. The van der Waals surface area contributed by atoms with Gasteiger partial charge < -0.3 is 9.84 Å². The highest BCUT2D eigenvalue weighted by atomic mass is 35.5. The number of carbonyl (C=O) groups is 1. The van der Waals surface area contributed by atoms with Crippen molar-refractivity contribution in [3.63, 3.8) is 0 Å². The summed E-state index contributed by atoms with van der Waals surface area (Å²) >= 11 is 6.70. The number of pyridine rings is 1. The van der Waals surface area contributed by atoms with Gasteiger partial charge in [-0.05, 0) is 61.7 Å². The fourth-order valence-corrected chi connectivity index (χ4v) is 5.55. The van der Waals surface area contributed by atoms with Crippen LogP contribution in [0.3, 0.4) is 0 Å². The van der Waals surface area contributed by atoms with Gasteiger partial charge in [0.05, 0.1) is 23.1 Å². The van der Waals surface area contributed by atoms with E-state index in [0.29, 0.717) is 30.0 Å². The van der Waals surface area contributed by atoms with Crippen LogP contribution >= 0.6 is 11.6 Å². The Morgan fingerprint density at radius 1 is 1.24 bits per heavy atom. The molecule has 1 atom stereocenters. The van der Waals surface area contributed by atoms with Gasteiger partial charge in [0, 0.05) is 24.0 Å². The van der Waals surface area contributed by atoms with E-state index in [1.54, 1.807) is 13.3 Å². The van der Waals surface area contributed by atoms with E-state index < -0.39 is 11.4 Å². The monoisotopic (exact) mass is 478 g/mol. The molecule has 0 saturated carbocycles. The Morgan fingerprint density at radius 2 is 1.97 bits per heavy atom. The van der Waals surface area contributed by atoms with Gasteiger partial charge in [-0.2, -0.15) is 0 Å². The third kappa shape index (κ3) is 4.82. The lowest BCUT2D eigenvalue weighted by Gasteiger charge is -2.44. The van der Waals surface area contributed by atoms with Crippen LogP contribution in [0, 0.1) is 5.41 Å². The highest BCUT2D eigenvalue weighted by molar-refractivity contribution is 6.32. The average molecular weight is 479 g/mol. The van der Waals surface area contributed by atoms with Crippen LogP contribution < -0.4 is 4.74 Å². The molecule has 0 aliphatic carbocycles. The van der Waals surface area contributed by atoms with Crippen LogP contribution in [-0.4, -0.2) is 47.7 Å². The first-order chi connectivity index (χ1) is 16.5. The van der Waals surface area contributed by atoms with Gasteiger partial charge in [-0.15, -0.1) is 0 Å². The molecule has 1 saturated heterocycles. The molecule has 34 heavy (non-hydrogen) atoms. The summed E-state index contributed by atoms with van der Waals surface area (Å²) in [5, 5.41) is 11.9. The van der Waals surface area contributed by atoms with Gasteiger partial charge in [0.15, 0.2) is 0 Å². The van der Waals surface area contributed by atoms with Crippen LogP contribution in [0.2, 0.25) is 5.02 Å². The van der Waals surface area contributed by atoms with Crippen molar-refractivity contribution >= 4 is 34.5 Å². The first kappa shape index (κ1) is 24.2. The molecule has 0 amide bonds. The van der Waals surface area contributed by atoms with E-state index in [1.165, 1.54) is 5.56 Å². The Balaban J connectivity index is 1.60. The molecule has 1 aliphatic heterocycles. The predicted octanol–water partition coefficient (Wildman–Crippen LogP) is 6.27. The molecule has 0 radical (unpaired) electrons. The number of ether oxygens (including phenoxy) is 1. The van der Waals surface area contributed by atoms with Crippen molar-refractivity contribution < 1.29 is 14.6 Å². The van der Waals surface area contributed by atoms with E-state index in [1.807, 2.05) is 43.3 Å². The predicted molar refractivity (Wildman–Crippen MR) is 138 cm³/mol. The molecule has 1 aromatic heterocycles.